The molecule has 114 valence electrons. The van der Waals surface area contributed by atoms with E-state index in [9.17, 15) is 8.42 Å². The molecule has 0 aliphatic carbocycles. The number of nitrogen functional groups attached to an aromatic ring is 1. The highest BCUT2D eigenvalue weighted by atomic mass is 32.2. The van der Waals surface area contributed by atoms with E-state index in [-0.39, 0.29) is 16.9 Å². The minimum atomic E-state index is -3.72. The molecule has 21 heavy (non-hydrogen) atoms. The minimum absolute atomic E-state index is 0.0368. The molecular weight excluding hydrogens is 308 g/mol. The topological polar surface area (TPSA) is 97.1 Å². The van der Waals surface area contributed by atoms with Crippen LogP contribution in [0.4, 0.5) is 5.69 Å². The third-order valence-corrected chi connectivity index (χ3v) is 5.45. The van der Waals surface area contributed by atoms with E-state index in [0.29, 0.717) is 5.69 Å². The fraction of sp³-hybridized carbons (Fsp3) is 0.308. The lowest BCUT2D eigenvalue weighted by Crippen LogP contribution is -2.32. The largest absolute Gasteiger partial charge is 0.323 e. The lowest BCUT2D eigenvalue weighted by atomic mass is 10.0. The second kappa shape index (κ2) is 6.52. The zero-order valence-electron chi connectivity index (χ0n) is 11.8. The molecule has 2 heterocycles. The molecule has 0 saturated heterocycles. The van der Waals surface area contributed by atoms with Crippen LogP contribution >= 0.6 is 11.3 Å². The number of hydrogen-bond acceptors (Lipinski definition) is 6. The number of anilines is 1. The SMILES string of the molecule is CC(C)C(NS(=O)(=O)c1cnccc1NN)c1cccs1. The smallest absolute Gasteiger partial charge is 0.244 e. The van der Waals surface area contributed by atoms with Crippen molar-refractivity contribution in [1.29, 1.82) is 0 Å². The van der Waals surface area contributed by atoms with Crippen LogP contribution in [0.15, 0.2) is 40.9 Å². The molecule has 0 aliphatic rings. The summed E-state index contributed by atoms with van der Waals surface area (Å²) in [5, 5.41) is 1.93. The molecule has 0 saturated carbocycles. The summed E-state index contributed by atoms with van der Waals surface area (Å²) >= 11 is 1.52. The Balaban J connectivity index is 2.35. The van der Waals surface area contributed by atoms with Gasteiger partial charge in [0.05, 0.1) is 11.7 Å². The molecule has 0 fully saturated rings. The number of sulfonamides is 1. The van der Waals surface area contributed by atoms with Crippen LogP contribution in [0.3, 0.4) is 0 Å². The molecule has 0 radical (unpaired) electrons. The van der Waals surface area contributed by atoms with E-state index in [2.05, 4.69) is 15.1 Å². The monoisotopic (exact) mass is 326 g/mol. The van der Waals surface area contributed by atoms with E-state index < -0.39 is 10.0 Å². The van der Waals surface area contributed by atoms with Gasteiger partial charge < -0.3 is 5.43 Å². The molecule has 0 aromatic carbocycles. The number of rotatable bonds is 6. The van der Waals surface area contributed by atoms with Crippen LogP contribution < -0.4 is 16.0 Å². The summed E-state index contributed by atoms with van der Waals surface area (Å²) in [5.41, 5.74) is 2.69. The maximum absolute atomic E-state index is 12.6. The Bertz CT molecular complexity index is 684. The average Bonchev–Trinajstić information content (AvgIpc) is 2.98. The number of nitrogens with zero attached hydrogens (tertiary/aromatic N) is 1. The van der Waals surface area contributed by atoms with Gasteiger partial charge in [-0.1, -0.05) is 19.9 Å². The van der Waals surface area contributed by atoms with Crippen molar-refractivity contribution in [2.24, 2.45) is 11.8 Å². The van der Waals surface area contributed by atoms with Gasteiger partial charge in [-0.2, -0.15) is 0 Å². The van der Waals surface area contributed by atoms with Crippen LogP contribution in [0.2, 0.25) is 0 Å². The van der Waals surface area contributed by atoms with Crippen molar-refractivity contribution in [3.8, 4) is 0 Å². The van der Waals surface area contributed by atoms with Gasteiger partial charge in [-0.3, -0.25) is 10.8 Å². The third kappa shape index (κ3) is 3.59. The third-order valence-electron chi connectivity index (χ3n) is 3.03. The number of nitrogens with one attached hydrogen (secondary N) is 2. The van der Waals surface area contributed by atoms with E-state index in [1.54, 1.807) is 0 Å². The van der Waals surface area contributed by atoms with Crippen LogP contribution in [-0.2, 0) is 10.0 Å². The summed E-state index contributed by atoms with van der Waals surface area (Å²) in [5.74, 6) is 5.48. The van der Waals surface area contributed by atoms with Gasteiger partial charge in [0.1, 0.15) is 4.90 Å². The predicted molar refractivity (Wildman–Crippen MR) is 84.3 cm³/mol. The molecule has 0 bridgehead atoms. The summed E-state index contributed by atoms with van der Waals surface area (Å²) in [7, 11) is -3.72. The summed E-state index contributed by atoms with van der Waals surface area (Å²) in [6.45, 7) is 3.94. The minimum Gasteiger partial charge on any atom is -0.323 e. The lowest BCUT2D eigenvalue weighted by Gasteiger charge is -2.21. The Kier molecular flexibility index (Phi) is 4.94. The van der Waals surface area contributed by atoms with Crippen molar-refractivity contribution in [2.45, 2.75) is 24.8 Å². The first-order valence-corrected chi connectivity index (χ1v) is 8.78. The maximum Gasteiger partial charge on any atom is 0.244 e. The van der Waals surface area contributed by atoms with Crippen LogP contribution in [0.1, 0.15) is 24.8 Å². The summed E-state index contributed by atoms with van der Waals surface area (Å²) < 4.78 is 27.9. The molecule has 0 spiro atoms. The zero-order chi connectivity index (χ0) is 15.5. The average molecular weight is 326 g/mol. The first-order valence-electron chi connectivity index (χ1n) is 6.42. The highest BCUT2D eigenvalue weighted by Gasteiger charge is 2.26. The van der Waals surface area contributed by atoms with Gasteiger partial charge in [-0.25, -0.2) is 13.1 Å². The predicted octanol–water partition coefficient (Wildman–Crippen LogP) is 2.10. The molecule has 2 rings (SSSR count). The van der Waals surface area contributed by atoms with Crippen molar-refractivity contribution in [3.63, 3.8) is 0 Å². The first-order chi connectivity index (χ1) is 9.95. The number of hydrogen-bond donors (Lipinski definition) is 3. The molecule has 6 nitrogen and oxygen atoms in total. The Hall–Kier alpha value is -1.48. The molecule has 8 heteroatoms. The molecule has 1 unspecified atom stereocenters. The Morgan fingerprint density at radius 2 is 2.10 bits per heavy atom. The van der Waals surface area contributed by atoms with E-state index in [1.165, 1.54) is 29.8 Å². The Labute approximate surface area is 128 Å². The van der Waals surface area contributed by atoms with Gasteiger partial charge in [0.15, 0.2) is 0 Å². The molecular formula is C13H18N4O2S2. The van der Waals surface area contributed by atoms with Crippen molar-refractivity contribution in [3.05, 3.63) is 40.8 Å². The summed E-state index contributed by atoms with van der Waals surface area (Å²) in [4.78, 5) is 4.87. The Morgan fingerprint density at radius 1 is 1.33 bits per heavy atom. The van der Waals surface area contributed by atoms with E-state index in [4.69, 9.17) is 5.84 Å². The molecule has 1 atom stereocenters. The van der Waals surface area contributed by atoms with E-state index in [0.717, 1.165) is 4.88 Å². The fourth-order valence-electron chi connectivity index (χ4n) is 1.93. The number of thiophene rings is 1. The van der Waals surface area contributed by atoms with Crippen LogP contribution in [0, 0.1) is 5.92 Å². The van der Waals surface area contributed by atoms with Crippen LogP contribution in [0.5, 0.6) is 0 Å². The van der Waals surface area contributed by atoms with Crippen LogP contribution in [-0.4, -0.2) is 13.4 Å². The molecule has 0 aliphatic heterocycles. The van der Waals surface area contributed by atoms with Crippen molar-refractivity contribution >= 4 is 27.0 Å². The van der Waals surface area contributed by atoms with Gasteiger partial charge in [-0.05, 0) is 23.4 Å². The highest BCUT2D eigenvalue weighted by molar-refractivity contribution is 7.89. The van der Waals surface area contributed by atoms with Crippen LogP contribution in [0.25, 0.3) is 0 Å². The standard InChI is InChI=1S/C13H18N4O2S2/c1-9(2)13(11-4-3-7-20-11)17-21(18,19)12-8-15-6-5-10(12)16-14/h3-9,13,17H,14H2,1-2H3,(H,15,16). The number of nitrogens with two attached hydrogens (primary N) is 1. The van der Waals surface area contributed by atoms with Gasteiger partial charge in [0.25, 0.3) is 0 Å². The lowest BCUT2D eigenvalue weighted by molar-refractivity contribution is 0.469. The highest BCUT2D eigenvalue weighted by Crippen LogP contribution is 2.29. The van der Waals surface area contributed by atoms with Gasteiger partial charge in [-0.15, -0.1) is 11.3 Å². The zero-order valence-corrected chi connectivity index (χ0v) is 13.4. The second-order valence-electron chi connectivity index (χ2n) is 4.87. The number of pyridine rings is 1. The van der Waals surface area contributed by atoms with E-state index >= 15 is 0 Å². The maximum atomic E-state index is 12.6. The first kappa shape index (κ1) is 15.9. The Morgan fingerprint density at radius 3 is 2.67 bits per heavy atom. The quantitative estimate of drug-likeness (QED) is 0.558. The van der Waals surface area contributed by atoms with E-state index in [1.807, 2.05) is 31.4 Å². The normalized spacial score (nSPS) is 13.3. The summed E-state index contributed by atoms with van der Waals surface area (Å²) in [6, 6.07) is 5.05. The van der Waals surface area contributed by atoms with Gasteiger partial charge in [0, 0.05) is 17.3 Å². The van der Waals surface area contributed by atoms with Gasteiger partial charge >= 0.3 is 0 Å². The number of hydrazine groups is 1. The van der Waals surface area contributed by atoms with Crippen molar-refractivity contribution < 1.29 is 8.42 Å². The fourth-order valence-corrected chi connectivity index (χ4v) is 4.44. The molecule has 2 aromatic heterocycles. The van der Waals surface area contributed by atoms with Crippen molar-refractivity contribution in [2.75, 3.05) is 5.43 Å². The molecule has 2 aromatic rings. The number of aromatic nitrogens is 1. The molecule has 0 amide bonds. The van der Waals surface area contributed by atoms with Gasteiger partial charge in [0.2, 0.25) is 10.0 Å². The molecule has 4 N–H and O–H groups in total. The second-order valence-corrected chi connectivity index (χ2v) is 7.54. The van der Waals surface area contributed by atoms with Crippen molar-refractivity contribution in [1.82, 2.24) is 9.71 Å². The summed E-state index contributed by atoms with van der Waals surface area (Å²) in [6.07, 6.45) is 2.76.